The molecule has 0 spiro atoms. The predicted octanol–water partition coefficient (Wildman–Crippen LogP) is 1.31. The summed E-state index contributed by atoms with van der Waals surface area (Å²) in [5.41, 5.74) is 0.372. The van der Waals surface area contributed by atoms with Crippen molar-refractivity contribution in [3.63, 3.8) is 0 Å². The number of carbonyl (C=O) groups excluding carboxylic acids is 1. The number of rotatable bonds is 4. The number of aromatic nitrogens is 1. The van der Waals surface area contributed by atoms with Crippen molar-refractivity contribution in [1.29, 1.82) is 0 Å². The minimum Gasteiger partial charge on any atom is -0.480 e. The Morgan fingerprint density at radius 2 is 2.32 bits per heavy atom. The molecule has 0 amide bonds. The van der Waals surface area contributed by atoms with E-state index in [9.17, 15) is 9.59 Å². The van der Waals surface area contributed by atoms with Crippen molar-refractivity contribution in [2.45, 2.75) is 25.8 Å². The first-order chi connectivity index (χ1) is 9.13. The molecule has 1 aromatic rings. The number of carboxylic acid groups (broad SMARTS) is 1. The van der Waals surface area contributed by atoms with E-state index >= 15 is 0 Å². The van der Waals surface area contributed by atoms with Crippen molar-refractivity contribution in [3.8, 4) is 0 Å². The Bertz CT molecular complexity index is 472. The topological polar surface area (TPSA) is 79.7 Å². The molecule has 1 N–H and O–H groups in total. The van der Waals surface area contributed by atoms with Gasteiger partial charge in [-0.25, -0.2) is 14.6 Å². The molecule has 6 heteroatoms. The van der Waals surface area contributed by atoms with Gasteiger partial charge < -0.3 is 14.7 Å². The second-order valence-electron chi connectivity index (χ2n) is 4.32. The first-order valence-electron chi connectivity index (χ1n) is 6.26. The van der Waals surface area contributed by atoms with Crippen LogP contribution in [-0.4, -0.2) is 41.2 Å². The molecule has 1 aliphatic rings. The number of esters is 1. The largest absolute Gasteiger partial charge is 0.480 e. The minimum absolute atomic E-state index is 0.313. The molecule has 1 atom stereocenters. The first-order valence-corrected chi connectivity index (χ1v) is 6.26. The van der Waals surface area contributed by atoms with Gasteiger partial charge in [0, 0.05) is 12.7 Å². The predicted molar refractivity (Wildman–Crippen MR) is 68.2 cm³/mol. The normalized spacial score (nSPS) is 18.4. The van der Waals surface area contributed by atoms with E-state index < -0.39 is 18.0 Å². The molecule has 1 fully saturated rings. The number of ether oxygens (including phenoxy) is 1. The number of nitrogens with zero attached hydrogens (tertiary/aromatic N) is 2. The summed E-state index contributed by atoms with van der Waals surface area (Å²) in [6.07, 6.45) is 2.87. The molecule has 0 radical (unpaired) electrons. The van der Waals surface area contributed by atoms with Crippen LogP contribution in [0.2, 0.25) is 0 Å². The maximum atomic E-state index is 11.5. The quantitative estimate of drug-likeness (QED) is 0.826. The smallest absolute Gasteiger partial charge is 0.339 e. The molecule has 2 heterocycles. The Hall–Kier alpha value is -2.11. The number of aliphatic carboxylic acids is 1. The van der Waals surface area contributed by atoms with Crippen molar-refractivity contribution in [3.05, 3.63) is 23.9 Å². The summed E-state index contributed by atoms with van der Waals surface area (Å²) in [5, 5.41) is 9.11. The van der Waals surface area contributed by atoms with Gasteiger partial charge in [0.05, 0.1) is 12.2 Å². The monoisotopic (exact) mass is 264 g/mol. The zero-order chi connectivity index (χ0) is 13.8. The maximum absolute atomic E-state index is 11.5. The number of hydrogen-bond donors (Lipinski definition) is 1. The third kappa shape index (κ3) is 2.83. The molecular formula is C13H16N2O4. The van der Waals surface area contributed by atoms with Crippen LogP contribution in [0.1, 0.15) is 30.1 Å². The molecule has 0 bridgehead atoms. The van der Waals surface area contributed by atoms with Gasteiger partial charge in [-0.3, -0.25) is 0 Å². The third-order valence-corrected chi connectivity index (χ3v) is 3.09. The summed E-state index contributed by atoms with van der Waals surface area (Å²) in [5.74, 6) is -0.676. The fraction of sp³-hybridized carbons (Fsp3) is 0.462. The Morgan fingerprint density at radius 1 is 1.53 bits per heavy atom. The molecule has 19 heavy (non-hydrogen) atoms. The van der Waals surface area contributed by atoms with Crippen LogP contribution in [0.5, 0.6) is 0 Å². The van der Waals surface area contributed by atoms with Crippen LogP contribution in [0.4, 0.5) is 5.82 Å². The Kier molecular flexibility index (Phi) is 3.99. The highest BCUT2D eigenvalue weighted by Crippen LogP contribution is 2.24. The van der Waals surface area contributed by atoms with E-state index in [0.29, 0.717) is 31.0 Å². The molecule has 1 saturated heterocycles. The molecule has 2 rings (SSSR count). The van der Waals surface area contributed by atoms with E-state index in [1.54, 1.807) is 24.0 Å². The number of pyridine rings is 1. The molecule has 0 saturated carbocycles. The lowest BCUT2D eigenvalue weighted by atomic mass is 10.2. The van der Waals surface area contributed by atoms with Crippen LogP contribution in [0.25, 0.3) is 0 Å². The number of carbonyl (C=O) groups is 2. The average Bonchev–Trinajstić information content (AvgIpc) is 2.88. The van der Waals surface area contributed by atoms with Crippen molar-refractivity contribution in [1.82, 2.24) is 4.98 Å². The van der Waals surface area contributed by atoms with Gasteiger partial charge in [-0.05, 0) is 31.9 Å². The maximum Gasteiger partial charge on any atom is 0.339 e. The Balaban J connectivity index is 2.14. The highest BCUT2D eigenvalue weighted by molar-refractivity contribution is 5.89. The molecule has 1 aromatic heterocycles. The summed E-state index contributed by atoms with van der Waals surface area (Å²) in [6, 6.07) is 2.74. The molecule has 0 aromatic carbocycles. The van der Waals surface area contributed by atoms with Gasteiger partial charge in [-0.1, -0.05) is 0 Å². The van der Waals surface area contributed by atoms with E-state index in [4.69, 9.17) is 9.84 Å². The fourth-order valence-electron chi connectivity index (χ4n) is 2.19. The standard InChI is InChI=1S/C13H16N2O4/c1-2-19-13(18)9-5-6-11(14-8-9)15-7-3-4-10(15)12(16)17/h5-6,8,10H,2-4,7H2,1H3,(H,16,17)/t10-/m0/s1. The average molecular weight is 264 g/mol. The van der Waals surface area contributed by atoms with Gasteiger partial charge in [-0.15, -0.1) is 0 Å². The lowest BCUT2D eigenvalue weighted by molar-refractivity contribution is -0.138. The zero-order valence-corrected chi connectivity index (χ0v) is 10.7. The second-order valence-corrected chi connectivity index (χ2v) is 4.32. The summed E-state index contributed by atoms with van der Waals surface area (Å²) in [6.45, 7) is 2.72. The zero-order valence-electron chi connectivity index (χ0n) is 10.7. The van der Waals surface area contributed by atoms with Crippen LogP contribution in [0.15, 0.2) is 18.3 Å². The summed E-state index contributed by atoms with van der Waals surface area (Å²) >= 11 is 0. The van der Waals surface area contributed by atoms with Crippen LogP contribution >= 0.6 is 0 Å². The molecule has 0 aliphatic carbocycles. The Labute approximate surface area is 111 Å². The van der Waals surface area contributed by atoms with Crippen molar-refractivity contribution in [2.24, 2.45) is 0 Å². The van der Waals surface area contributed by atoms with Gasteiger partial charge in [0.2, 0.25) is 0 Å². The van der Waals surface area contributed by atoms with Gasteiger partial charge in [0.25, 0.3) is 0 Å². The fourth-order valence-corrected chi connectivity index (χ4v) is 2.19. The second kappa shape index (κ2) is 5.69. The lowest BCUT2D eigenvalue weighted by Crippen LogP contribution is -2.36. The molecule has 102 valence electrons. The van der Waals surface area contributed by atoms with Crippen LogP contribution < -0.4 is 4.90 Å². The van der Waals surface area contributed by atoms with Gasteiger partial charge >= 0.3 is 11.9 Å². The summed E-state index contributed by atoms with van der Waals surface area (Å²) in [4.78, 5) is 28.5. The number of carboxylic acids is 1. The van der Waals surface area contributed by atoms with E-state index in [2.05, 4.69) is 4.98 Å². The van der Waals surface area contributed by atoms with E-state index in [1.807, 2.05) is 0 Å². The van der Waals surface area contributed by atoms with Gasteiger partial charge in [0.1, 0.15) is 11.9 Å². The van der Waals surface area contributed by atoms with E-state index in [-0.39, 0.29) is 0 Å². The van der Waals surface area contributed by atoms with Crippen molar-refractivity contribution < 1.29 is 19.4 Å². The minimum atomic E-state index is -0.839. The third-order valence-electron chi connectivity index (χ3n) is 3.09. The molecule has 6 nitrogen and oxygen atoms in total. The van der Waals surface area contributed by atoms with E-state index in [0.717, 1.165) is 6.42 Å². The van der Waals surface area contributed by atoms with E-state index in [1.165, 1.54) is 6.20 Å². The van der Waals surface area contributed by atoms with Crippen LogP contribution in [0.3, 0.4) is 0 Å². The van der Waals surface area contributed by atoms with Crippen LogP contribution in [-0.2, 0) is 9.53 Å². The molecule has 1 aliphatic heterocycles. The summed E-state index contributed by atoms with van der Waals surface area (Å²) < 4.78 is 4.87. The Morgan fingerprint density at radius 3 is 2.89 bits per heavy atom. The van der Waals surface area contributed by atoms with Gasteiger partial charge in [-0.2, -0.15) is 0 Å². The van der Waals surface area contributed by atoms with Crippen molar-refractivity contribution in [2.75, 3.05) is 18.1 Å². The highest BCUT2D eigenvalue weighted by atomic mass is 16.5. The highest BCUT2D eigenvalue weighted by Gasteiger charge is 2.31. The first kappa shape index (κ1) is 13.3. The number of anilines is 1. The SMILES string of the molecule is CCOC(=O)c1ccc(N2CCC[C@H]2C(=O)O)nc1. The van der Waals surface area contributed by atoms with Crippen molar-refractivity contribution >= 4 is 17.8 Å². The van der Waals surface area contributed by atoms with Gasteiger partial charge in [0.15, 0.2) is 0 Å². The molecular weight excluding hydrogens is 248 g/mol. The molecule has 0 unspecified atom stereocenters. The summed E-state index contributed by atoms with van der Waals surface area (Å²) in [7, 11) is 0. The number of hydrogen-bond acceptors (Lipinski definition) is 5. The van der Waals surface area contributed by atoms with Crippen LogP contribution in [0, 0.1) is 0 Å². The lowest BCUT2D eigenvalue weighted by Gasteiger charge is -2.22.